The third kappa shape index (κ3) is 6.06. The molecule has 2 saturated heterocycles. The predicted octanol–water partition coefficient (Wildman–Crippen LogP) is -0.872. The molecule has 3 heterocycles. The average molecular weight is 623 g/mol. The quantitative estimate of drug-likeness (QED) is 0.171. The average Bonchev–Trinajstić information content (AvgIpc) is 3.03. The van der Waals surface area contributed by atoms with E-state index >= 15 is 0 Å². The highest BCUT2D eigenvalue weighted by atomic mass is 16.7. The fraction of sp³-hybridized carbons (Fsp3) is 0.483. The van der Waals surface area contributed by atoms with Gasteiger partial charge in [-0.15, -0.1) is 0 Å². The van der Waals surface area contributed by atoms with Gasteiger partial charge in [-0.05, 0) is 24.3 Å². The van der Waals surface area contributed by atoms with Crippen LogP contribution in [0.2, 0.25) is 0 Å². The molecule has 1 aromatic heterocycles. The Morgan fingerprint density at radius 3 is 2.14 bits per heavy atom. The molecule has 240 valence electrons. The summed E-state index contributed by atoms with van der Waals surface area (Å²) >= 11 is 0. The molecule has 0 radical (unpaired) electrons. The SMILES string of the molecule is COc1ccc(-c2oc3cc(OC)cc(O[C@@H]4O[C@H](CO[C@@H]5OC[C@@H](O)[C@H](O)[C@H]5O)[C@@H](O)[C@H](O)[C@H]4O)c3c(=O)c2OC)cc1. The van der Waals surface area contributed by atoms with Crippen LogP contribution in [0.3, 0.4) is 0 Å². The summed E-state index contributed by atoms with van der Waals surface area (Å²) in [6.07, 6.45) is -14.1. The molecule has 0 saturated carbocycles. The van der Waals surface area contributed by atoms with Crippen molar-refractivity contribution < 1.29 is 68.2 Å². The molecular weight excluding hydrogens is 588 g/mol. The van der Waals surface area contributed by atoms with Crippen LogP contribution in [0.4, 0.5) is 0 Å². The minimum atomic E-state index is -1.79. The first-order valence-corrected chi connectivity index (χ1v) is 13.6. The Labute approximate surface area is 250 Å². The largest absolute Gasteiger partial charge is 0.497 e. The number of fused-ring (bicyclic) bond motifs is 1. The Kier molecular flexibility index (Phi) is 9.59. The molecule has 0 bridgehead atoms. The van der Waals surface area contributed by atoms with Gasteiger partial charge in [-0.1, -0.05) is 0 Å². The number of rotatable bonds is 9. The number of hydrogen-bond donors (Lipinski definition) is 6. The first-order chi connectivity index (χ1) is 21.1. The van der Waals surface area contributed by atoms with Crippen LogP contribution in [0.25, 0.3) is 22.3 Å². The first kappa shape index (κ1) is 31.9. The number of aliphatic hydroxyl groups excluding tert-OH is 6. The summed E-state index contributed by atoms with van der Waals surface area (Å²) in [4.78, 5) is 13.7. The summed E-state index contributed by atoms with van der Waals surface area (Å²) in [7, 11) is 4.21. The van der Waals surface area contributed by atoms with Crippen molar-refractivity contribution in [3.05, 3.63) is 46.6 Å². The van der Waals surface area contributed by atoms with Gasteiger partial charge in [-0.25, -0.2) is 0 Å². The molecule has 15 heteroatoms. The van der Waals surface area contributed by atoms with Crippen molar-refractivity contribution in [3.8, 4) is 34.3 Å². The molecule has 2 fully saturated rings. The lowest BCUT2D eigenvalue weighted by Crippen LogP contribution is -2.61. The maximum atomic E-state index is 13.7. The molecule has 44 heavy (non-hydrogen) atoms. The first-order valence-electron chi connectivity index (χ1n) is 13.6. The van der Waals surface area contributed by atoms with Crippen LogP contribution < -0.4 is 24.4 Å². The number of benzene rings is 2. The van der Waals surface area contributed by atoms with Gasteiger partial charge < -0.3 is 68.2 Å². The lowest BCUT2D eigenvalue weighted by atomic mass is 9.99. The highest BCUT2D eigenvalue weighted by molar-refractivity contribution is 5.88. The van der Waals surface area contributed by atoms with Crippen LogP contribution in [0.1, 0.15) is 0 Å². The third-order valence-corrected chi connectivity index (χ3v) is 7.47. The van der Waals surface area contributed by atoms with Crippen LogP contribution in [-0.2, 0) is 14.2 Å². The smallest absolute Gasteiger partial charge is 0.239 e. The van der Waals surface area contributed by atoms with E-state index in [0.717, 1.165) is 0 Å². The summed E-state index contributed by atoms with van der Waals surface area (Å²) in [5.74, 6) is 0.651. The molecule has 15 nitrogen and oxygen atoms in total. The van der Waals surface area contributed by atoms with Crippen molar-refractivity contribution in [2.75, 3.05) is 34.5 Å². The molecule has 2 aliphatic heterocycles. The van der Waals surface area contributed by atoms with Crippen LogP contribution in [0.5, 0.6) is 23.0 Å². The second kappa shape index (κ2) is 13.2. The molecule has 0 amide bonds. The fourth-order valence-corrected chi connectivity index (χ4v) is 4.96. The lowest BCUT2D eigenvalue weighted by molar-refractivity contribution is -0.307. The molecule has 3 aromatic rings. The third-order valence-electron chi connectivity index (χ3n) is 7.47. The van der Waals surface area contributed by atoms with E-state index < -0.39 is 67.3 Å². The normalized spacial score (nSPS) is 30.6. The van der Waals surface area contributed by atoms with E-state index in [4.69, 9.17) is 37.6 Å². The van der Waals surface area contributed by atoms with Crippen molar-refractivity contribution in [1.29, 1.82) is 0 Å². The fourth-order valence-electron chi connectivity index (χ4n) is 4.96. The van der Waals surface area contributed by atoms with Crippen molar-refractivity contribution in [3.63, 3.8) is 0 Å². The van der Waals surface area contributed by atoms with Crippen molar-refractivity contribution in [2.45, 2.75) is 55.3 Å². The molecule has 9 atom stereocenters. The van der Waals surface area contributed by atoms with E-state index in [1.54, 1.807) is 24.3 Å². The summed E-state index contributed by atoms with van der Waals surface area (Å²) < 4.78 is 44.3. The number of aliphatic hydroxyl groups is 6. The summed E-state index contributed by atoms with van der Waals surface area (Å²) in [5, 5.41) is 61.4. The van der Waals surface area contributed by atoms with E-state index in [-0.39, 0.29) is 40.6 Å². The maximum Gasteiger partial charge on any atom is 0.239 e. The van der Waals surface area contributed by atoms with Crippen LogP contribution in [-0.4, -0.2) is 120 Å². The molecule has 2 aromatic carbocycles. The highest BCUT2D eigenvalue weighted by Gasteiger charge is 2.46. The topological polar surface area (TPSA) is 216 Å². The van der Waals surface area contributed by atoms with E-state index in [0.29, 0.717) is 11.3 Å². The summed E-state index contributed by atoms with van der Waals surface area (Å²) in [6.45, 7) is -0.811. The number of hydrogen-bond acceptors (Lipinski definition) is 15. The lowest BCUT2D eigenvalue weighted by Gasteiger charge is -2.41. The van der Waals surface area contributed by atoms with Gasteiger partial charge in [-0.2, -0.15) is 0 Å². The van der Waals surface area contributed by atoms with Crippen molar-refractivity contribution >= 4 is 11.0 Å². The standard InChI is InChI=1S/C29H34O15/c1-37-13-6-4-12(5-7-13)26-27(39-3)22(33)19-16(42-26)8-14(38-2)9-17(19)43-29-25(36)23(34)21(32)18(44-29)11-41-28-24(35)20(31)15(30)10-40-28/h4-9,15,18,20-21,23-25,28-32,34-36H,10-11H2,1-3H3/t15-,18-,20+,21-,23+,24-,25-,28+,29-/m1/s1. The Bertz CT molecular complexity index is 1490. The number of ether oxygens (including phenoxy) is 7. The van der Waals surface area contributed by atoms with Crippen LogP contribution >= 0.6 is 0 Å². The minimum absolute atomic E-state index is 0.0471. The van der Waals surface area contributed by atoms with Crippen LogP contribution in [0.15, 0.2) is 45.6 Å². The van der Waals surface area contributed by atoms with E-state index in [9.17, 15) is 35.4 Å². The molecule has 0 spiro atoms. The van der Waals surface area contributed by atoms with E-state index in [1.165, 1.54) is 33.5 Å². The Morgan fingerprint density at radius 2 is 1.48 bits per heavy atom. The highest BCUT2D eigenvalue weighted by Crippen LogP contribution is 2.38. The Balaban J connectivity index is 1.45. The zero-order chi connectivity index (χ0) is 31.7. The summed E-state index contributed by atoms with van der Waals surface area (Å²) in [5.41, 5.74) is -0.0508. The minimum Gasteiger partial charge on any atom is -0.497 e. The van der Waals surface area contributed by atoms with Gasteiger partial charge >= 0.3 is 0 Å². The molecule has 5 rings (SSSR count). The van der Waals surface area contributed by atoms with Gasteiger partial charge in [0.2, 0.25) is 17.5 Å². The zero-order valence-corrected chi connectivity index (χ0v) is 23.9. The monoisotopic (exact) mass is 622 g/mol. The second-order valence-electron chi connectivity index (χ2n) is 10.2. The molecule has 2 aliphatic rings. The van der Waals surface area contributed by atoms with Gasteiger partial charge in [0.25, 0.3) is 0 Å². The van der Waals surface area contributed by atoms with Gasteiger partial charge in [0.15, 0.2) is 12.1 Å². The molecule has 0 aliphatic carbocycles. The molecular formula is C29H34O15. The zero-order valence-electron chi connectivity index (χ0n) is 23.9. The van der Waals surface area contributed by atoms with E-state index in [1.807, 2.05) is 0 Å². The van der Waals surface area contributed by atoms with Crippen molar-refractivity contribution in [2.24, 2.45) is 0 Å². The Hall–Kier alpha value is -3.51. The molecule has 0 unspecified atom stereocenters. The summed E-state index contributed by atoms with van der Waals surface area (Å²) in [6, 6.07) is 9.56. The van der Waals surface area contributed by atoms with Gasteiger partial charge in [0, 0.05) is 17.7 Å². The van der Waals surface area contributed by atoms with E-state index in [2.05, 4.69) is 0 Å². The van der Waals surface area contributed by atoms with Crippen LogP contribution in [0, 0.1) is 0 Å². The van der Waals surface area contributed by atoms with Gasteiger partial charge in [-0.3, -0.25) is 4.79 Å². The van der Waals surface area contributed by atoms with Gasteiger partial charge in [0.1, 0.15) is 70.9 Å². The molecule has 6 N–H and O–H groups in total. The number of methoxy groups -OCH3 is 3. The predicted molar refractivity (Wildman–Crippen MR) is 149 cm³/mol. The Morgan fingerprint density at radius 1 is 0.795 bits per heavy atom. The van der Waals surface area contributed by atoms with Crippen molar-refractivity contribution in [1.82, 2.24) is 0 Å². The second-order valence-corrected chi connectivity index (χ2v) is 10.2. The van der Waals surface area contributed by atoms with Gasteiger partial charge in [0.05, 0.1) is 34.5 Å². The maximum absolute atomic E-state index is 13.7.